The van der Waals surface area contributed by atoms with Crippen LogP contribution < -0.4 is 0 Å². The highest BCUT2D eigenvalue weighted by Gasteiger charge is 2.30. The highest BCUT2D eigenvalue weighted by molar-refractivity contribution is 6.02. The van der Waals surface area contributed by atoms with Crippen LogP contribution in [0.5, 0.6) is 0 Å². The Morgan fingerprint density at radius 2 is 1.84 bits per heavy atom. The zero-order chi connectivity index (χ0) is 14.8. The number of hydrogen-bond acceptors (Lipinski definition) is 5. The topological polar surface area (TPSA) is 70.4 Å². The standard InChI is InChI=1S/C13H20N2O4/c1-7-19-12(17)10-9(11(16)18-6)8(2)15(14-10)13(3,4)5/h7H2,1-6H3. The maximum absolute atomic E-state index is 11.9. The predicted molar refractivity (Wildman–Crippen MR) is 69.3 cm³/mol. The van der Waals surface area contributed by atoms with E-state index in [1.807, 2.05) is 20.8 Å². The van der Waals surface area contributed by atoms with E-state index < -0.39 is 11.9 Å². The maximum atomic E-state index is 11.9. The van der Waals surface area contributed by atoms with Gasteiger partial charge in [-0.2, -0.15) is 5.10 Å². The largest absolute Gasteiger partial charge is 0.465 e. The van der Waals surface area contributed by atoms with Crippen LogP contribution >= 0.6 is 0 Å². The van der Waals surface area contributed by atoms with Crippen molar-refractivity contribution in [2.24, 2.45) is 0 Å². The fourth-order valence-corrected chi connectivity index (χ4v) is 1.84. The molecule has 1 heterocycles. The van der Waals surface area contributed by atoms with Crippen LogP contribution in [0.3, 0.4) is 0 Å². The second kappa shape index (κ2) is 5.42. The van der Waals surface area contributed by atoms with Crippen LogP contribution in [-0.2, 0) is 15.0 Å². The van der Waals surface area contributed by atoms with Crippen LogP contribution in [0.1, 0.15) is 54.2 Å². The molecule has 0 atom stereocenters. The molecule has 0 saturated carbocycles. The molecule has 6 nitrogen and oxygen atoms in total. The third kappa shape index (κ3) is 2.94. The molecule has 0 aliphatic heterocycles. The second-order valence-corrected chi connectivity index (χ2v) is 5.10. The molecule has 0 amide bonds. The van der Waals surface area contributed by atoms with Crippen LogP contribution in [0.4, 0.5) is 0 Å². The van der Waals surface area contributed by atoms with E-state index >= 15 is 0 Å². The molecule has 0 aliphatic carbocycles. The van der Waals surface area contributed by atoms with Gasteiger partial charge in [0.25, 0.3) is 0 Å². The fraction of sp³-hybridized carbons (Fsp3) is 0.615. The first-order valence-corrected chi connectivity index (χ1v) is 6.09. The van der Waals surface area contributed by atoms with Gasteiger partial charge in [-0.3, -0.25) is 4.68 Å². The molecular weight excluding hydrogens is 248 g/mol. The Hall–Kier alpha value is -1.85. The SMILES string of the molecule is CCOC(=O)c1nn(C(C)(C)C)c(C)c1C(=O)OC. The zero-order valence-corrected chi connectivity index (χ0v) is 12.2. The second-order valence-electron chi connectivity index (χ2n) is 5.10. The average Bonchev–Trinajstić information content (AvgIpc) is 2.66. The minimum absolute atomic E-state index is 0.00104. The van der Waals surface area contributed by atoms with Crippen LogP contribution in [0.25, 0.3) is 0 Å². The van der Waals surface area contributed by atoms with Crippen molar-refractivity contribution in [2.45, 2.75) is 40.2 Å². The molecule has 0 bridgehead atoms. The van der Waals surface area contributed by atoms with Crippen molar-refractivity contribution in [2.75, 3.05) is 13.7 Å². The molecule has 0 aliphatic rings. The van der Waals surface area contributed by atoms with Crippen molar-refractivity contribution in [3.63, 3.8) is 0 Å². The van der Waals surface area contributed by atoms with E-state index in [0.29, 0.717) is 5.69 Å². The van der Waals surface area contributed by atoms with E-state index in [2.05, 4.69) is 5.10 Å². The van der Waals surface area contributed by atoms with Crippen molar-refractivity contribution in [1.82, 2.24) is 9.78 Å². The molecule has 1 aromatic rings. The minimum Gasteiger partial charge on any atom is -0.465 e. The Labute approximate surface area is 112 Å². The normalized spacial score (nSPS) is 11.3. The van der Waals surface area contributed by atoms with Crippen LogP contribution in [0.15, 0.2) is 0 Å². The summed E-state index contributed by atoms with van der Waals surface area (Å²) in [5.74, 6) is -1.20. The van der Waals surface area contributed by atoms with Crippen molar-refractivity contribution in [3.05, 3.63) is 17.0 Å². The number of nitrogens with zero attached hydrogens (tertiary/aromatic N) is 2. The first kappa shape index (κ1) is 15.2. The summed E-state index contributed by atoms with van der Waals surface area (Å²) in [4.78, 5) is 23.7. The summed E-state index contributed by atoms with van der Waals surface area (Å²) in [6.45, 7) is 9.45. The summed E-state index contributed by atoms with van der Waals surface area (Å²) in [6.07, 6.45) is 0. The monoisotopic (exact) mass is 268 g/mol. The molecule has 0 aromatic carbocycles. The summed E-state index contributed by atoms with van der Waals surface area (Å²) in [6, 6.07) is 0. The van der Waals surface area contributed by atoms with E-state index in [9.17, 15) is 9.59 Å². The number of carbonyl (C=O) groups is 2. The number of carbonyl (C=O) groups excluding carboxylic acids is 2. The number of esters is 2. The average molecular weight is 268 g/mol. The summed E-state index contributed by atoms with van der Waals surface area (Å²) in [5.41, 5.74) is 0.400. The Bertz CT molecular complexity index is 497. The summed E-state index contributed by atoms with van der Waals surface area (Å²) >= 11 is 0. The molecule has 19 heavy (non-hydrogen) atoms. The van der Waals surface area contributed by atoms with Gasteiger partial charge < -0.3 is 9.47 Å². The lowest BCUT2D eigenvalue weighted by atomic mass is 10.1. The lowest BCUT2D eigenvalue weighted by Gasteiger charge is -2.21. The third-order valence-corrected chi connectivity index (χ3v) is 2.61. The van der Waals surface area contributed by atoms with Crippen LogP contribution in [0, 0.1) is 6.92 Å². The Morgan fingerprint density at radius 1 is 1.26 bits per heavy atom. The van der Waals surface area contributed by atoms with Crippen molar-refractivity contribution < 1.29 is 19.1 Å². The van der Waals surface area contributed by atoms with E-state index in [1.54, 1.807) is 18.5 Å². The quantitative estimate of drug-likeness (QED) is 0.783. The highest BCUT2D eigenvalue weighted by Crippen LogP contribution is 2.23. The van der Waals surface area contributed by atoms with Gasteiger partial charge in [0.2, 0.25) is 0 Å². The number of methoxy groups -OCH3 is 1. The molecule has 0 saturated heterocycles. The molecule has 0 unspecified atom stereocenters. The van der Waals surface area contributed by atoms with Gasteiger partial charge in [-0.1, -0.05) is 0 Å². The maximum Gasteiger partial charge on any atom is 0.359 e. The molecular formula is C13H20N2O4. The molecule has 1 aromatic heterocycles. The lowest BCUT2D eigenvalue weighted by molar-refractivity contribution is 0.0497. The van der Waals surface area contributed by atoms with E-state index in [1.165, 1.54) is 7.11 Å². The van der Waals surface area contributed by atoms with Gasteiger partial charge in [-0.15, -0.1) is 0 Å². The Balaban J connectivity index is 3.44. The summed E-state index contributed by atoms with van der Waals surface area (Å²) in [7, 11) is 1.27. The van der Waals surface area contributed by atoms with Gasteiger partial charge in [0, 0.05) is 0 Å². The number of rotatable bonds is 3. The predicted octanol–water partition coefficient (Wildman–Crippen LogP) is 1.91. The van der Waals surface area contributed by atoms with Crippen LogP contribution in [0.2, 0.25) is 0 Å². The first-order chi connectivity index (χ1) is 8.73. The fourth-order valence-electron chi connectivity index (χ4n) is 1.84. The van der Waals surface area contributed by atoms with Gasteiger partial charge in [-0.25, -0.2) is 9.59 Å². The van der Waals surface area contributed by atoms with E-state index in [-0.39, 0.29) is 23.4 Å². The van der Waals surface area contributed by atoms with Gasteiger partial charge in [-0.05, 0) is 34.6 Å². The highest BCUT2D eigenvalue weighted by atomic mass is 16.5. The van der Waals surface area contributed by atoms with Gasteiger partial charge in [0.05, 0.1) is 24.9 Å². The molecule has 0 fully saturated rings. The Morgan fingerprint density at radius 3 is 2.26 bits per heavy atom. The molecule has 6 heteroatoms. The number of ether oxygens (including phenoxy) is 2. The molecule has 0 spiro atoms. The van der Waals surface area contributed by atoms with E-state index in [0.717, 1.165) is 0 Å². The molecule has 0 radical (unpaired) electrons. The zero-order valence-electron chi connectivity index (χ0n) is 12.2. The van der Waals surface area contributed by atoms with Crippen LogP contribution in [-0.4, -0.2) is 35.4 Å². The Kier molecular flexibility index (Phi) is 4.34. The van der Waals surface area contributed by atoms with Gasteiger partial charge in [0.15, 0.2) is 5.69 Å². The minimum atomic E-state index is -0.617. The van der Waals surface area contributed by atoms with Crippen molar-refractivity contribution in [1.29, 1.82) is 0 Å². The lowest BCUT2D eigenvalue weighted by Crippen LogP contribution is -2.25. The summed E-state index contributed by atoms with van der Waals surface area (Å²) in [5, 5.41) is 4.21. The number of hydrogen-bond donors (Lipinski definition) is 0. The molecule has 0 N–H and O–H groups in total. The molecule has 106 valence electrons. The van der Waals surface area contributed by atoms with Crippen molar-refractivity contribution in [3.8, 4) is 0 Å². The summed E-state index contributed by atoms with van der Waals surface area (Å²) < 4.78 is 11.3. The van der Waals surface area contributed by atoms with Gasteiger partial charge in [0.1, 0.15) is 5.56 Å². The first-order valence-electron chi connectivity index (χ1n) is 6.09. The van der Waals surface area contributed by atoms with Gasteiger partial charge >= 0.3 is 11.9 Å². The van der Waals surface area contributed by atoms with Crippen molar-refractivity contribution >= 4 is 11.9 Å². The molecule has 1 rings (SSSR count). The van der Waals surface area contributed by atoms with E-state index in [4.69, 9.17) is 9.47 Å². The smallest absolute Gasteiger partial charge is 0.359 e. The third-order valence-electron chi connectivity index (χ3n) is 2.61. The number of aromatic nitrogens is 2.